The Morgan fingerprint density at radius 3 is 2.90 bits per heavy atom. The van der Waals surface area contributed by atoms with Crippen molar-refractivity contribution in [3.63, 3.8) is 0 Å². The summed E-state index contributed by atoms with van der Waals surface area (Å²) in [4.78, 5) is 2.51. The summed E-state index contributed by atoms with van der Waals surface area (Å²) in [5.74, 6) is 0.994. The number of aromatic nitrogens is 2. The largest absolute Gasteiger partial charge is 0.496 e. The number of nitrogens with zero attached hydrogens (tertiary/aromatic N) is 3. The van der Waals surface area contributed by atoms with Crippen LogP contribution in [0.3, 0.4) is 0 Å². The van der Waals surface area contributed by atoms with Crippen LogP contribution < -0.4 is 4.74 Å². The molecule has 2 heterocycles. The second-order valence-corrected chi connectivity index (χ2v) is 5.53. The number of methoxy groups -OCH3 is 1. The van der Waals surface area contributed by atoms with Crippen LogP contribution in [0.2, 0.25) is 0 Å². The van der Waals surface area contributed by atoms with E-state index in [1.807, 2.05) is 10.7 Å². The molecule has 0 bridgehead atoms. The van der Waals surface area contributed by atoms with Gasteiger partial charge in [0, 0.05) is 30.9 Å². The van der Waals surface area contributed by atoms with Gasteiger partial charge in [0.05, 0.1) is 12.8 Å². The lowest BCUT2D eigenvalue weighted by atomic mass is 10.0. The molecular formula is C17H23N3O. The van der Waals surface area contributed by atoms with Crippen LogP contribution in [0.4, 0.5) is 0 Å². The number of aryl methyl sites for hydroxylation is 1. The van der Waals surface area contributed by atoms with Crippen molar-refractivity contribution < 1.29 is 4.74 Å². The van der Waals surface area contributed by atoms with Crippen molar-refractivity contribution in [3.8, 4) is 5.75 Å². The van der Waals surface area contributed by atoms with Crippen LogP contribution in [0.25, 0.3) is 0 Å². The minimum absolute atomic E-state index is 0.438. The van der Waals surface area contributed by atoms with Crippen molar-refractivity contribution in [2.24, 2.45) is 0 Å². The normalized spacial score (nSPS) is 19.0. The number of likely N-dealkylation sites (tertiary alicyclic amines) is 1. The summed E-state index contributed by atoms with van der Waals surface area (Å²) in [6.07, 6.45) is 4.48. The number of para-hydroxylation sites is 1. The van der Waals surface area contributed by atoms with Crippen molar-refractivity contribution in [2.45, 2.75) is 38.9 Å². The van der Waals surface area contributed by atoms with Crippen molar-refractivity contribution in [1.29, 1.82) is 0 Å². The SMILES string of the molecule is CCn1ccc(CN2CCCC2c2ccccc2OC)n1. The fourth-order valence-electron chi connectivity index (χ4n) is 3.18. The van der Waals surface area contributed by atoms with Crippen molar-refractivity contribution in [1.82, 2.24) is 14.7 Å². The second kappa shape index (κ2) is 6.31. The van der Waals surface area contributed by atoms with Gasteiger partial charge in [0.1, 0.15) is 5.75 Å². The monoisotopic (exact) mass is 285 g/mol. The van der Waals surface area contributed by atoms with E-state index in [2.05, 4.69) is 47.4 Å². The van der Waals surface area contributed by atoms with E-state index in [4.69, 9.17) is 4.74 Å². The van der Waals surface area contributed by atoms with Gasteiger partial charge in [-0.1, -0.05) is 18.2 Å². The lowest BCUT2D eigenvalue weighted by Gasteiger charge is -2.25. The fraction of sp³-hybridized carbons (Fsp3) is 0.471. The maximum absolute atomic E-state index is 5.53. The third-order valence-corrected chi connectivity index (χ3v) is 4.25. The Morgan fingerprint density at radius 2 is 2.14 bits per heavy atom. The van der Waals surface area contributed by atoms with Gasteiger partial charge >= 0.3 is 0 Å². The lowest BCUT2D eigenvalue weighted by molar-refractivity contribution is 0.239. The predicted molar refractivity (Wildman–Crippen MR) is 83.3 cm³/mol. The third kappa shape index (κ3) is 2.95. The van der Waals surface area contributed by atoms with E-state index >= 15 is 0 Å². The molecule has 1 aromatic heterocycles. The van der Waals surface area contributed by atoms with Crippen molar-refractivity contribution in [2.75, 3.05) is 13.7 Å². The molecule has 0 N–H and O–H groups in total. The van der Waals surface area contributed by atoms with E-state index in [1.165, 1.54) is 18.4 Å². The standard InChI is InChI=1S/C17H23N3O/c1-3-20-12-10-14(18-20)13-19-11-6-8-16(19)15-7-4-5-9-17(15)21-2/h4-5,7,9-10,12,16H,3,6,8,11,13H2,1-2H3. The summed E-state index contributed by atoms with van der Waals surface area (Å²) in [5, 5.41) is 4.61. The van der Waals surface area contributed by atoms with Gasteiger partial charge < -0.3 is 4.74 Å². The minimum Gasteiger partial charge on any atom is -0.496 e. The number of benzene rings is 1. The lowest BCUT2D eigenvalue weighted by Crippen LogP contribution is -2.23. The summed E-state index contributed by atoms with van der Waals surface area (Å²) in [6.45, 7) is 5.08. The van der Waals surface area contributed by atoms with Crippen molar-refractivity contribution >= 4 is 0 Å². The van der Waals surface area contributed by atoms with Crippen LogP contribution in [0.15, 0.2) is 36.5 Å². The summed E-state index contributed by atoms with van der Waals surface area (Å²) < 4.78 is 7.52. The van der Waals surface area contributed by atoms with E-state index in [9.17, 15) is 0 Å². The number of hydrogen-bond donors (Lipinski definition) is 0. The van der Waals surface area contributed by atoms with Crippen LogP contribution in [0.1, 0.15) is 37.1 Å². The number of hydrogen-bond acceptors (Lipinski definition) is 3. The molecule has 1 unspecified atom stereocenters. The molecule has 0 spiro atoms. The molecule has 1 saturated heterocycles. The Morgan fingerprint density at radius 1 is 1.29 bits per heavy atom. The molecule has 1 aromatic carbocycles. The highest BCUT2D eigenvalue weighted by Gasteiger charge is 2.28. The van der Waals surface area contributed by atoms with E-state index in [0.29, 0.717) is 6.04 Å². The maximum atomic E-state index is 5.53. The zero-order chi connectivity index (χ0) is 14.7. The van der Waals surface area contributed by atoms with Gasteiger partial charge in [-0.15, -0.1) is 0 Å². The van der Waals surface area contributed by atoms with Gasteiger partial charge in [-0.3, -0.25) is 9.58 Å². The van der Waals surface area contributed by atoms with Gasteiger partial charge in [0.25, 0.3) is 0 Å². The first-order chi connectivity index (χ1) is 10.3. The molecule has 0 amide bonds. The third-order valence-electron chi connectivity index (χ3n) is 4.25. The Labute approximate surface area is 126 Å². The second-order valence-electron chi connectivity index (χ2n) is 5.53. The molecule has 4 heteroatoms. The molecule has 1 fully saturated rings. The van der Waals surface area contributed by atoms with E-state index in [-0.39, 0.29) is 0 Å². The predicted octanol–water partition coefficient (Wildman–Crippen LogP) is 3.25. The first-order valence-electron chi connectivity index (χ1n) is 7.71. The molecule has 112 valence electrons. The summed E-state index contributed by atoms with van der Waals surface area (Å²) in [7, 11) is 1.75. The van der Waals surface area contributed by atoms with E-state index in [0.717, 1.165) is 31.1 Å². The van der Waals surface area contributed by atoms with Crippen LogP contribution in [-0.2, 0) is 13.1 Å². The average molecular weight is 285 g/mol. The van der Waals surface area contributed by atoms with Crippen LogP contribution in [0, 0.1) is 0 Å². The molecular weight excluding hydrogens is 262 g/mol. The number of ether oxygens (including phenoxy) is 1. The highest BCUT2D eigenvalue weighted by molar-refractivity contribution is 5.36. The van der Waals surface area contributed by atoms with Gasteiger partial charge in [-0.25, -0.2) is 0 Å². The Hall–Kier alpha value is -1.81. The Bertz CT molecular complexity index is 593. The van der Waals surface area contributed by atoms with Gasteiger partial charge in [-0.05, 0) is 38.4 Å². The molecule has 1 aliphatic rings. The van der Waals surface area contributed by atoms with Crippen LogP contribution in [-0.4, -0.2) is 28.3 Å². The van der Waals surface area contributed by atoms with Crippen molar-refractivity contribution in [3.05, 3.63) is 47.8 Å². The molecule has 0 saturated carbocycles. The van der Waals surface area contributed by atoms with E-state index < -0.39 is 0 Å². The molecule has 4 nitrogen and oxygen atoms in total. The zero-order valence-corrected chi connectivity index (χ0v) is 12.8. The molecule has 0 radical (unpaired) electrons. The molecule has 1 aliphatic heterocycles. The molecule has 2 aromatic rings. The van der Waals surface area contributed by atoms with Gasteiger partial charge in [-0.2, -0.15) is 5.10 Å². The summed E-state index contributed by atoms with van der Waals surface area (Å²) >= 11 is 0. The smallest absolute Gasteiger partial charge is 0.123 e. The summed E-state index contributed by atoms with van der Waals surface area (Å²) in [5.41, 5.74) is 2.45. The van der Waals surface area contributed by atoms with Gasteiger partial charge in [0.15, 0.2) is 0 Å². The highest BCUT2D eigenvalue weighted by atomic mass is 16.5. The molecule has 0 aliphatic carbocycles. The first kappa shape index (κ1) is 14.1. The number of rotatable bonds is 5. The Balaban J connectivity index is 1.79. The molecule has 1 atom stereocenters. The summed E-state index contributed by atoms with van der Waals surface area (Å²) in [6, 6.07) is 10.9. The molecule has 21 heavy (non-hydrogen) atoms. The zero-order valence-electron chi connectivity index (χ0n) is 12.8. The Kier molecular flexibility index (Phi) is 4.25. The first-order valence-corrected chi connectivity index (χ1v) is 7.71. The highest BCUT2D eigenvalue weighted by Crippen LogP contribution is 2.37. The van der Waals surface area contributed by atoms with Gasteiger partial charge in [0.2, 0.25) is 0 Å². The quantitative estimate of drug-likeness (QED) is 0.845. The average Bonchev–Trinajstić information content (AvgIpc) is 3.17. The fourth-order valence-corrected chi connectivity index (χ4v) is 3.18. The molecule has 3 rings (SSSR count). The van der Waals surface area contributed by atoms with Crippen LogP contribution >= 0.6 is 0 Å². The van der Waals surface area contributed by atoms with E-state index in [1.54, 1.807) is 7.11 Å². The topological polar surface area (TPSA) is 30.3 Å². The minimum atomic E-state index is 0.438. The maximum Gasteiger partial charge on any atom is 0.123 e. The van der Waals surface area contributed by atoms with Crippen LogP contribution in [0.5, 0.6) is 5.75 Å².